The van der Waals surface area contributed by atoms with Crippen LogP contribution in [-0.2, 0) is 19.4 Å². The molecule has 0 saturated heterocycles. The lowest BCUT2D eigenvalue weighted by Crippen LogP contribution is -2.30. The monoisotopic (exact) mass is 584 g/mol. The molecule has 0 spiro atoms. The van der Waals surface area contributed by atoms with Crippen molar-refractivity contribution in [2.24, 2.45) is 5.73 Å². The molecule has 0 saturated carbocycles. The summed E-state index contributed by atoms with van der Waals surface area (Å²) < 4.78 is 61.9. The summed E-state index contributed by atoms with van der Waals surface area (Å²) in [4.78, 5) is 30.9. The van der Waals surface area contributed by atoms with E-state index in [1.165, 1.54) is 19.7 Å². The number of anilines is 1. The summed E-state index contributed by atoms with van der Waals surface area (Å²) in [7, 11) is -6.75. The fraction of sp³-hybridized carbons (Fsp3) is 0.438. The van der Waals surface area contributed by atoms with Gasteiger partial charge in [-0.15, -0.1) is 5.10 Å². The minimum Gasteiger partial charge on any atom is -0.480 e. The standard InChI is InChI=1S/C11H10Cl2F2N4O3S.C5H12NO4P.H3N/c1-5-16-19(11(20)18(5)10(14)15)9-4-8(17-23(2,21)22)6(12)3-7(9)13;1-11(9,10)3-2-4(6)5(7)8;/h3-4,10,17H,1-2H3;4H,2-3,6H2,1H3,(H,7,8)(H,9,10);1H3. The van der Waals surface area contributed by atoms with E-state index in [0.29, 0.717) is 4.68 Å². The Morgan fingerprint density at radius 3 is 2.26 bits per heavy atom. The van der Waals surface area contributed by atoms with Gasteiger partial charge < -0.3 is 21.9 Å². The van der Waals surface area contributed by atoms with Gasteiger partial charge in [0.2, 0.25) is 10.0 Å². The first-order valence-electron chi connectivity index (χ1n) is 9.05. The van der Waals surface area contributed by atoms with Gasteiger partial charge in [-0.1, -0.05) is 23.2 Å². The van der Waals surface area contributed by atoms with Gasteiger partial charge in [0.15, 0.2) is 7.37 Å². The van der Waals surface area contributed by atoms with E-state index in [-0.39, 0.29) is 50.5 Å². The van der Waals surface area contributed by atoms with Gasteiger partial charge in [-0.2, -0.15) is 13.5 Å². The number of hydrogen-bond donors (Lipinski definition) is 5. The zero-order valence-electron chi connectivity index (χ0n) is 18.7. The summed E-state index contributed by atoms with van der Waals surface area (Å²) in [5.41, 5.74) is 3.82. The third kappa shape index (κ3) is 10.2. The number of carboxylic acid groups (broad SMARTS) is 1. The second-order valence-corrected chi connectivity index (χ2v) is 12.2. The Labute approximate surface area is 208 Å². The Morgan fingerprint density at radius 1 is 1.31 bits per heavy atom. The van der Waals surface area contributed by atoms with E-state index in [2.05, 4.69) is 9.82 Å². The number of sulfonamides is 1. The molecule has 19 heteroatoms. The van der Waals surface area contributed by atoms with E-state index in [4.69, 9.17) is 38.9 Å². The molecular formula is C16H25Cl2F2N6O7PS. The van der Waals surface area contributed by atoms with Crippen LogP contribution in [0.4, 0.5) is 14.5 Å². The Kier molecular flexibility index (Phi) is 12.0. The quantitative estimate of drug-likeness (QED) is 0.284. The maximum Gasteiger partial charge on any atom is 0.355 e. The number of nitrogens with two attached hydrogens (primary N) is 1. The number of alkyl halides is 2. The highest BCUT2D eigenvalue weighted by molar-refractivity contribution is 7.92. The predicted molar refractivity (Wildman–Crippen MR) is 128 cm³/mol. The minimum atomic E-state index is -3.65. The smallest absolute Gasteiger partial charge is 0.355 e. The normalized spacial score (nSPS) is 13.8. The molecule has 2 aromatic rings. The summed E-state index contributed by atoms with van der Waals surface area (Å²) in [5.74, 6) is -1.37. The molecule has 1 heterocycles. The van der Waals surface area contributed by atoms with Gasteiger partial charge in [-0.3, -0.25) is 14.1 Å². The van der Waals surface area contributed by atoms with Crippen molar-refractivity contribution >= 4 is 52.3 Å². The lowest BCUT2D eigenvalue weighted by molar-refractivity contribution is -0.138. The van der Waals surface area contributed by atoms with E-state index >= 15 is 0 Å². The van der Waals surface area contributed by atoms with E-state index < -0.39 is 41.6 Å². The largest absolute Gasteiger partial charge is 0.480 e. The highest BCUT2D eigenvalue weighted by atomic mass is 35.5. The van der Waals surface area contributed by atoms with Crippen LogP contribution in [0.5, 0.6) is 0 Å². The minimum absolute atomic E-state index is 0. The Hall–Kier alpha value is -2.07. The van der Waals surface area contributed by atoms with Crippen LogP contribution in [0.3, 0.4) is 0 Å². The molecule has 1 aromatic carbocycles. The van der Waals surface area contributed by atoms with Crippen LogP contribution in [0.25, 0.3) is 5.69 Å². The van der Waals surface area contributed by atoms with Crippen molar-refractivity contribution in [3.05, 3.63) is 38.5 Å². The number of nitrogens with one attached hydrogen (secondary N) is 1. The first-order valence-corrected chi connectivity index (χ1v) is 14.0. The molecule has 200 valence electrons. The molecule has 0 aliphatic heterocycles. The van der Waals surface area contributed by atoms with Gasteiger partial charge in [-0.05, 0) is 25.5 Å². The van der Waals surface area contributed by atoms with Gasteiger partial charge in [-0.25, -0.2) is 17.8 Å². The third-order valence-corrected chi connectivity index (χ3v) is 6.20. The summed E-state index contributed by atoms with van der Waals surface area (Å²) in [5, 5.41) is 11.9. The molecular weight excluding hydrogens is 560 g/mol. The number of rotatable bonds is 8. The topological polar surface area (TPSA) is 222 Å². The van der Waals surface area contributed by atoms with Gasteiger partial charge in [0.05, 0.1) is 27.7 Å². The molecule has 8 N–H and O–H groups in total. The first kappa shape index (κ1) is 32.9. The fourth-order valence-corrected chi connectivity index (χ4v) is 4.23. The third-order valence-electron chi connectivity index (χ3n) is 3.91. The zero-order valence-corrected chi connectivity index (χ0v) is 21.9. The number of nitrogens with zero attached hydrogens (tertiary/aromatic N) is 3. The van der Waals surface area contributed by atoms with Crippen LogP contribution in [-0.4, -0.2) is 63.9 Å². The second kappa shape index (κ2) is 12.8. The van der Waals surface area contributed by atoms with Crippen LogP contribution >= 0.6 is 30.6 Å². The Bertz CT molecular complexity index is 1270. The zero-order chi connectivity index (χ0) is 26.6. The number of hydrogen-bond acceptors (Lipinski definition) is 8. The van der Waals surface area contributed by atoms with Gasteiger partial charge in [0.1, 0.15) is 11.9 Å². The SMILES string of the molecule is CP(=O)(O)CCC(N)C(=O)O.Cc1nn(-c2cc(NS(C)(=O)=O)c(Cl)cc2Cl)c(=O)n1C(F)F.N. The fourth-order valence-electron chi connectivity index (χ4n) is 2.34. The molecule has 1 aromatic heterocycles. The van der Waals surface area contributed by atoms with Crippen molar-refractivity contribution in [2.75, 3.05) is 23.8 Å². The number of aliphatic carboxylic acids is 1. The van der Waals surface area contributed by atoms with Crippen molar-refractivity contribution in [2.45, 2.75) is 25.9 Å². The molecule has 0 aliphatic carbocycles. The first-order chi connectivity index (χ1) is 15.3. The molecule has 0 amide bonds. The van der Waals surface area contributed by atoms with Crippen LogP contribution in [0.1, 0.15) is 18.8 Å². The molecule has 2 atom stereocenters. The number of halogens is 4. The maximum absolute atomic E-state index is 12.8. The van der Waals surface area contributed by atoms with Crippen molar-refractivity contribution in [1.82, 2.24) is 20.5 Å². The predicted octanol–water partition coefficient (Wildman–Crippen LogP) is 2.27. The highest BCUT2D eigenvalue weighted by Gasteiger charge is 2.21. The van der Waals surface area contributed by atoms with Gasteiger partial charge in [0.25, 0.3) is 0 Å². The van der Waals surface area contributed by atoms with E-state index in [1.54, 1.807) is 0 Å². The Morgan fingerprint density at radius 2 is 1.86 bits per heavy atom. The molecule has 35 heavy (non-hydrogen) atoms. The van der Waals surface area contributed by atoms with Gasteiger partial charge >= 0.3 is 18.2 Å². The van der Waals surface area contributed by atoms with E-state index in [1.807, 2.05) is 0 Å². The average molecular weight is 585 g/mol. The summed E-state index contributed by atoms with van der Waals surface area (Å²) in [6.45, 7) is -0.665. The number of aryl methyl sites for hydroxylation is 1. The van der Waals surface area contributed by atoms with Crippen molar-refractivity contribution in [3.8, 4) is 5.69 Å². The molecule has 0 fully saturated rings. The molecule has 0 radical (unpaired) electrons. The van der Waals surface area contributed by atoms with Crippen LogP contribution < -0.4 is 22.3 Å². The van der Waals surface area contributed by atoms with E-state index in [9.17, 15) is 31.4 Å². The summed E-state index contributed by atoms with van der Waals surface area (Å²) in [6, 6.07) is 1.28. The Balaban J connectivity index is 0.000000822. The van der Waals surface area contributed by atoms with Gasteiger partial charge in [0, 0.05) is 12.8 Å². The molecule has 2 rings (SSSR count). The summed E-state index contributed by atoms with van der Waals surface area (Å²) in [6.07, 6.45) is 0.902. The lowest BCUT2D eigenvalue weighted by Gasteiger charge is -2.10. The number of benzene rings is 1. The molecule has 0 aliphatic rings. The van der Waals surface area contributed by atoms with Crippen LogP contribution in [0.2, 0.25) is 10.0 Å². The second-order valence-electron chi connectivity index (χ2n) is 7.05. The molecule has 0 bridgehead atoms. The van der Waals surface area contributed by atoms with Crippen LogP contribution in [0, 0.1) is 6.92 Å². The van der Waals surface area contributed by atoms with Crippen molar-refractivity contribution < 1.29 is 36.6 Å². The molecule has 13 nitrogen and oxygen atoms in total. The number of carboxylic acids is 1. The van der Waals surface area contributed by atoms with Crippen molar-refractivity contribution in [1.29, 1.82) is 0 Å². The molecule has 2 unspecified atom stereocenters. The lowest BCUT2D eigenvalue weighted by atomic mass is 10.2. The number of carbonyl (C=O) groups is 1. The summed E-state index contributed by atoms with van der Waals surface area (Å²) >= 11 is 11.8. The number of aromatic nitrogens is 3. The van der Waals surface area contributed by atoms with Crippen LogP contribution in [0.15, 0.2) is 16.9 Å². The van der Waals surface area contributed by atoms with Crippen molar-refractivity contribution in [3.63, 3.8) is 0 Å². The highest BCUT2D eigenvalue weighted by Crippen LogP contribution is 2.35. The van der Waals surface area contributed by atoms with E-state index in [0.717, 1.165) is 12.3 Å². The maximum atomic E-state index is 12.8. The average Bonchev–Trinajstić information content (AvgIpc) is 2.95.